The van der Waals surface area contributed by atoms with E-state index in [0.717, 1.165) is 17.7 Å². The third kappa shape index (κ3) is 4.10. The summed E-state index contributed by atoms with van der Waals surface area (Å²) in [4.78, 5) is 14.9. The smallest absolute Gasteiger partial charge is 0.356 e. The van der Waals surface area contributed by atoms with Crippen molar-refractivity contribution in [2.75, 3.05) is 19.0 Å². The fourth-order valence-electron chi connectivity index (χ4n) is 1.85. The van der Waals surface area contributed by atoms with Gasteiger partial charge in [-0.1, -0.05) is 23.7 Å². The summed E-state index contributed by atoms with van der Waals surface area (Å²) in [5.41, 5.74) is 0.970. The highest BCUT2D eigenvalue weighted by Crippen LogP contribution is 2.17. The highest BCUT2D eigenvalue weighted by molar-refractivity contribution is 6.33. The Morgan fingerprint density at radius 1 is 1.38 bits per heavy atom. The molecule has 21 heavy (non-hydrogen) atoms. The van der Waals surface area contributed by atoms with Crippen LogP contribution in [0.3, 0.4) is 0 Å². The van der Waals surface area contributed by atoms with Crippen molar-refractivity contribution >= 4 is 23.4 Å². The van der Waals surface area contributed by atoms with Gasteiger partial charge in [-0.05, 0) is 36.2 Å². The molecule has 1 heterocycles. The number of nitrogens with zero attached hydrogens (tertiary/aromatic N) is 1. The molecular formula is C15H15ClN2O3. The third-order valence-electron chi connectivity index (χ3n) is 2.90. The topological polar surface area (TPSA) is 71.5 Å². The Balaban J connectivity index is 1.97. The summed E-state index contributed by atoms with van der Waals surface area (Å²) >= 11 is 5.77. The normalized spacial score (nSPS) is 10.2. The van der Waals surface area contributed by atoms with Crippen LogP contribution >= 0.6 is 11.6 Å². The van der Waals surface area contributed by atoms with E-state index in [0.29, 0.717) is 12.4 Å². The van der Waals surface area contributed by atoms with Crippen LogP contribution in [0.1, 0.15) is 16.1 Å². The van der Waals surface area contributed by atoms with Crippen LogP contribution in [0.2, 0.25) is 5.02 Å². The summed E-state index contributed by atoms with van der Waals surface area (Å²) in [5.74, 6) is 0.154. The van der Waals surface area contributed by atoms with E-state index in [1.807, 2.05) is 24.3 Å². The van der Waals surface area contributed by atoms with E-state index in [1.165, 1.54) is 6.07 Å². The molecule has 0 amide bonds. The number of carboxylic acid groups (broad SMARTS) is 1. The number of halogens is 1. The fraction of sp³-hybridized carbons (Fsp3) is 0.200. The molecule has 0 unspecified atom stereocenters. The first-order valence-electron chi connectivity index (χ1n) is 6.37. The predicted octanol–water partition coefficient (Wildman–Crippen LogP) is 3.10. The van der Waals surface area contributed by atoms with Gasteiger partial charge in [-0.25, -0.2) is 9.78 Å². The molecule has 0 bridgehead atoms. The van der Waals surface area contributed by atoms with Crippen molar-refractivity contribution in [2.45, 2.75) is 6.42 Å². The number of pyridine rings is 1. The van der Waals surface area contributed by atoms with Crippen molar-refractivity contribution in [2.24, 2.45) is 0 Å². The Morgan fingerprint density at radius 2 is 2.19 bits per heavy atom. The maximum Gasteiger partial charge on any atom is 0.356 e. The monoisotopic (exact) mass is 306 g/mol. The molecule has 0 radical (unpaired) electrons. The largest absolute Gasteiger partial charge is 0.497 e. The van der Waals surface area contributed by atoms with Crippen LogP contribution < -0.4 is 10.1 Å². The van der Waals surface area contributed by atoms with Gasteiger partial charge >= 0.3 is 5.97 Å². The first-order valence-corrected chi connectivity index (χ1v) is 6.74. The quantitative estimate of drug-likeness (QED) is 0.858. The number of ether oxygens (including phenoxy) is 1. The van der Waals surface area contributed by atoms with Crippen molar-refractivity contribution < 1.29 is 14.6 Å². The summed E-state index contributed by atoms with van der Waals surface area (Å²) < 4.78 is 5.16. The molecule has 0 aliphatic heterocycles. The summed E-state index contributed by atoms with van der Waals surface area (Å²) in [7, 11) is 1.63. The molecule has 0 aliphatic rings. The van der Waals surface area contributed by atoms with Gasteiger partial charge in [0.2, 0.25) is 0 Å². The van der Waals surface area contributed by atoms with Crippen molar-refractivity contribution in [3.8, 4) is 5.75 Å². The van der Waals surface area contributed by atoms with Crippen LogP contribution in [0.4, 0.5) is 5.82 Å². The number of nitrogens with one attached hydrogen (secondary N) is 1. The Bertz CT molecular complexity index is 647. The summed E-state index contributed by atoms with van der Waals surface area (Å²) in [6.07, 6.45) is 0.768. The molecule has 0 fully saturated rings. The van der Waals surface area contributed by atoms with E-state index in [-0.39, 0.29) is 10.7 Å². The fourth-order valence-corrected chi connectivity index (χ4v) is 2.04. The number of aromatic nitrogens is 1. The highest BCUT2D eigenvalue weighted by Gasteiger charge is 2.11. The molecule has 110 valence electrons. The Hall–Kier alpha value is -2.27. The van der Waals surface area contributed by atoms with Gasteiger partial charge in [0, 0.05) is 6.54 Å². The van der Waals surface area contributed by atoms with E-state index in [2.05, 4.69) is 10.3 Å². The molecule has 0 saturated heterocycles. The number of aromatic carboxylic acids is 1. The molecule has 6 heteroatoms. The molecule has 5 nitrogen and oxygen atoms in total. The summed E-state index contributed by atoms with van der Waals surface area (Å²) in [6.45, 7) is 0.626. The summed E-state index contributed by atoms with van der Waals surface area (Å²) in [5, 5.41) is 12.2. The maximum atomic E-state index is 11.0. The second-order valence-electron chi connectivity index (χ2n) is 4.36. The molecule has 0 aliphatic carbocycles. The number of carbonyl (C=O) groups is 1. The average molecular weight is 307 g/mol. The number of methoxy groups -OCH3 is 1. The Morgan fingerprint density at radius 3 is 2.90 bits per heavy atom. The number of anilines is 1. The minimum atomic E-state index is -1.14. The SMILES string of the molecule is COc1cccc(CCNc2ccc(Cl)c(C(=O)O)n2)c1. The van der Waals surface area contributed by atoms with Gasteiger partial charge in [-0.3, -0.25) is 0 Å². The third-order valence-corrected chi connectivity index (χ3v) is 3.21. The molecule has 0 spiro atoms. The van der Waals surface area contributed by atoms with E-state index < -0.39 is 5.97 Å². The van der Waals surface area contributed by atoms with Crippen LogP contribution in [0, 0.1) is 0 Å². The number of benzene rings is 1. The van der Waals surface area contributed by atoms with E-state index in [1.54, 1.807) is 13.2 Å². The van der Waals surface area contributed by atoms with Gasteiger partial charge in [0.05, 0.1) is 12.1 Å². The standard InChI is InChI=1S/C15H15ClN2O3/c1-21-11-4-2-3-10(9-11)7-8-17-13-6-5-12(16)14(18-13)15(19)20/h2-6,9H,7-8H2,1H3,(H,17,18)(H,19,20). The van der Waals surface area contributed by atoms with E-state index in [9.17, 15) is 4.79 Å². The second kappa shape index (κ2) is 6.95. The van der Waals surface area contributed by atoms with Crippen LogP contribution in [-0.2, 0) is 6.42 Å². The van der Waals surface area contributed by atoms with Crippen molar-refractivity contribution in [1.29, 1.82) is 0 Å². The lowest BCUT2D eigenvalue weighted by atomic mass is 10.1. The second-order valence-corrected chi connectivity index (χ2v) is 4.77. The lowest BCUT2D eigenvalue weighted by molar-refractivity contribution is 0.0691. The van der Waals surface area contributed by atoms with E-state index in [4.69, 9.17) is 21.4 Å². The number of hydrogen-bond donors (Lipinski definition) is 2. The van der Waals surface area contributed by atoms with Crippen LogP contribution in [0.15, 0.2) is 36.4 Å². The first kappa shape index (κ1) is 15.1. The van der Waals surface area contributed by atoms with Gasteiger partial charge in [0.15, 0.2) is 5.69 Å². The minimum absolute atomic E-state index is 0.126. The van der Waals surface area contributed by atoms with Crippen LogP contribution in [0.5, 0.6) is 5.75 Å². The number of hydrogen-bond acceptors (Lipinski definition) is 4. The van der Waals surface area contributed by atoms with Crippen LogP contribution in [-0.4, -0.2) is 29.7 Å². The van der Waals surface area contributed by atoms with Crippen molar-refractivity contribution in [3.63, 3.8) is 0 Å². The van der Waals surface area contributed by atoms with Gasteiger partial charge < -0.3 is 15.2 Å². The van der Waals surface area contributed by atoms with Gasteiger partial charge in [0.1, 0.15) is 11.6 Å². The number of carboxylic acids is 1. The Labute approximate surface area is 127 Å². The molecule has 0 atom stereocenters. The average Bonchev–Trinajstić information content (AvgIpc) is 2.49. The molecule has 1 aromatic heterocycles. The Kier molecular flexibility index (Phi) is 5.00. The molecule has 2 rings (SSSR count). The first-order chi connectivity index (χ1) is 10.1. The lowest BCUT2D eigenvalue weighted by Crippen LogP contribution is -2.09. The minimum Gasteiger partial charge on any atom is -0.497 e. The van der Waals surface area contributed by atoms with Gasteiger partial charge in [0.25, 0.3) is 0 Å². The zero-order valence-electron chi connectivity index (χ0n) is 11.5. The molecule has 2 aromatic rings. The number of rotatable bonds is 6. The van der Waals surface area contributed by atoms with Gasteiger partial charge in [-0.2, -0.15) is 0 Å². The molecule has 1 aromatic carbocycles. The zero-order chi connectivity index (χ0) is 15.2. The molecular weight excluding hydrogens is 292 g/mol. The molecule has 2 N–H and O–H groups in total. The maximum absolute atomic E-state index is 11.0. The van der Waals surface area contributed by atoms with Crippen LogP contribution in [0.25, 0.3) is 0 Å². The predicted molar refractivity (Wildman–Crippen MR) is 81.4 cm³/mol. The van der Waals surface area contributed by atoms with Gasteiger partial charge in [-0.15, -0.1) is 0 Å². The zero-order valence-corrected chi connectivity index (χ0v) is 12.2. The van der Waals surface area contributed by atoms with Crippen molar-refractivity contribution in [1.82, 2.24) is 4.98 Å². The van der Waals surface area contributed by atoms with E-state index >= 15 is 0 Å². The highest BCUT2D eigenvalue weighted by atomic mass is 35.5. The van der Waals surface area contributed by atoms with Crippen molar-refractivity contribution in [3.05, 3.63) is 52.7 Å². The molecule has 0 saturated carbocycles. The summed E-state index contributed by atoms with van der Waals surface area (Å²) in [6, 6.07) is 10.9. The lowest BCUT2D eigenvalue weighted by Gasteiger charge is -2.08.